The number of ether oxygens (including phenoxy) is 2. The van der Waals surface area contributed by atoms with Crippen LogP contribution in [0.2, 0.25) is 5.02 Å². The molecule has 0 unspecified atom stereocenters. The Kier molecular flexibility index (Phi) is 6.56. The van der Waals surface area contributed by atoms with Crippen molar-refractivity contribution in [3.05, 3.63) is 53.8 Å². The molecule has 3 aliphatic heterocycles. The van der Waals surface area contributed by atoms with Gasteiger partial charge < -0.3 is 24.6 Å². The molecular formula is C27H29ClN6O3. The predicted octanol–water partition coefficient (Wildman–Crippen LogP) is 4.30. The Morgan fingerprint density at radius 3 is 2.68 bits per heavy atom. The molecular weight excluding hydrogens is 492 g/mol. The van der Waals surface area contributed by atoms with Crippen LogP contribution in [-0.4, -0.2) is 70.2 Å². The number of pyridine rings is 1. The first-order valence-electron chi connectivity index (χ1n) is 12.7. The van der Waals surface area contributed by atoms with E-state index in [1.807, 2.05) is 41.3 Å². The van der Waals surface area contributed by atoms with Crippen molar-refractivity contribution in [2.24, 2.45) is 0 Å². The van der Waals surface area contributed by atoms with Crippen LogP contribution in [0, 0.1) is 0 Å². The fraction of sp³-hybridized carbons (Fsp3) is 0.407. The number of likely N-dealkylation sites (tertiary alicyclic amines) is 1. The summed E-state index contributed by atoms with van der Waals surface area (Å²) in [6, 6.07) is 12.2. The lowest BCUT2D eigenvalue weighted by Crippen LogP contribution is -2.48. The van der Waals surface area contributed by atoms with Crippen molar-refractivity contribution in [2.75, 3.05) is 36.5 Å². The Bertz CT molecular complexity index is 1280. The molecule has 5 heterocycles. The van der Waals surface area contributed by atoms with Crippen molar-refractivity contribution in [2.45, 2.75) is 44.4 Å². The molecule has 0 aliphatic carbocycles. The van der Waals surface area contributed by atoms with Crippen molar-refractivity contribution in [1.82, 2.24) is 19.9 Å². The Balaban J connectivity index is 1.11. The van der Waals surface area contributed by atoms with Gasteiger partial charge in [0.2, 0.25) is 17.7 Å². The Hall–Kier alpha value is -3.43. The molecule has 0 radical (unpaired) electrons. The zero-order chi connectivity index (χ0) is 25.4. The average molecular weight is 521 g/mol. The number of rotatable bonds is 6. The van der Waals surface area contributed by atoms with Gasteiger partial charge in [-0.05, 0) is 36.8 Å². The summed E-state index contributed by atoms with van der Waals surface area (Å²) in [5.41, 5.74) is 3.43. The third-order valence-corrected chi connectivity index (χ3v) is 7.60. The minimum Gasteiger partial charge on any atom is -0.474 e. The summed E-state index contributed by atoms with van der Waals surface area (Å²) in [4.78, 5) is 29.6. The van der Waals surface area contributed by atoms with Gasteiger partial charge in [0.1, 0.15) is 6.10 Å². The molecule has 1 aromatic carbocycles. The molecule has 3 aromatic rings. The lowest BCUT2D eigenvalue weighted by molar-refractivity contribution is -0.129. The number of halogens is 1. The van der Waals surface area contributed by atoms with Crippen LogP contribution in [-0.2, 0) is 9.53 Å². The Morgan fingerprint density at radius 1 is 1.11 bits per heavy atom. The number of nitrogens with zero attached hydrogens (tertiary/aromatic N) is 5. The fourth-order valence-corrected chi connectivity index (χ4v) is 5.73. The van der Waals surface area contributed by atoms with E-state index in [-0.39, 0.29) is 18.1 Å². The number of fused-ring (bicyclic) bond motifs is 2. The van der Waals surface area contributed by atoms with Gasteiger partial charge in [-0.15, -0.1) is 0 Å². The van der Waals surface area contributed by atoms with Crippen LogP contribution >= 0.6 is 11.6 Å². The van der Waals surface area contributed by atoms with Crippen LogP contribution in [0.5, 0.6) is 5.88 Å². The molecule has 6 rings (SSSR count). The normalized spacial score (nSPS) is 21.4. The van der Waals surface area contributed by atoms with Gasteiger partial charge in [0.05, 0.1) is 35.7 Å². The second-order valence-corrected chi connectivity index (χ2v) is 10.1. The number of benzene rings is 1. The van der Waals surface area contributed by atoms with Gasteiger partial charge >= 0.3 is 0 Å². The minimum atomic E-state index is 0.148. The first-order chi connectivity index (χ1) is 18.0. The highest BCUT2D eigenvalue weighted by atomic mass is 35.5. The van der Waals surface area contributed by atoms with Crippen LogP contribution in [0.15, 0.2) is 48.8 Å². The molecule has 10 heteroatoms. The van der Waals surface area contributed by atoms with Gasteiger partial charge in [-0.1, -0.05) is 11.6 Å². The van der Waals surface area contributed by atoms with Crippen LogP contribution in [0.3, 0.4) is 0 Å². The van der Waals surface area contributed by atoms with E-state index >= 15 is 0 Å². The topological polar surface area (TPSA) is 92.7 Å². The van der Waals surface area contributed by atoms with Gasteiger partial charge in [-0.3, -0.25) is 4.79 Å². The largest absolute Gasteiger partial charge is 0.474 e. The summed E-state index contributed by atoms with van der Waals surface area (Å²) in [5.74, 6) is 1.23. The lowest BCUT2D eigenvalue weighted by Gasteiger charge is -2.35. The van der Waals surface area contributed by atoms with Gasteiger partial charge in [-0.25, -0.2) is 15.0 Å². The van der Waals surface area contributed by atoms with Crippen LogP contribution in [0.25, 0.3) is 11.3 Å². The first-order valence-corrected chi connectivity index (χ1v) is 13.1. The number of aromatic nitrogens is 3. The molecule has 2 bridgehead atoms. The average Bonchev–Trinajstić information content (AvgIpc) is 3.52. The quantitative estimate of drug-likeness (QED) is 0.514. The molecule has 3 saturated heterocycles. The summed E-state index contributed by atoms with van der Waals surface area (Å²) in [6.07, 6.45) is 6.39. The molecule has 37 heavy (non-hydrogen) atoms. The van der Waals surface area contributed by atoms with Gasteiger partial charge in [-0.2, -0.15) is 0 Å². The van der Waals surface area contributed by atoms with E-state index in [1.165, 1.54) is 0 Å². The molecule has 2 atom stereocenters. The van der Waals surface area contributed by atoms with Crippen molar-refractivity contribution in [3.8, 4) is 17.1 Å². The second-order valence-electron chi connectivity index (χ2n) is 9.74. The number of hydrogen-bond acceptors (Lipinski definition) is 8. The molecule has 1 amide bonds. The number of nitrogens with one attached hydrogen (secondary N) is 1. The SMILES string of the molecule is CC(=O)N1C[C@@H]2C[C@H]1CN2c1ccc(Nc2nccc(-c3ccc(OC4CCOCC4)nc3)n2)cc1Cl. The van der Waals surface area contributed by atoms with Gasteiger partial charge in [0.15, 0.2) is 0 Å². The maximum Gasteiger partial charge on any atom is 0.227 e. The smallest absolute Gasteiger partial charge is 0.227 e. The van der Waals surface area contributed by atoms with Crippen molar-refractivity contribution >= 4 is 34.8 Å². The van der Waals surface area contributed by atoms with Crippen molar-refractivity contribution in [1.29, 1.82) is 0 Å². The number of piperazine rings is 1. The highest BCUT2D eigenvalue weighted by Crippen LogP contribution is 2.39. The van der Waals surface area contributed by atoms with Crippen LogP contribution in [0.1, 0.15) is 26.2 Å². The summed E-state index contributed by atoms with van der Waals surface area (Å²) < 4.78 is 11.4. The van der Waals surface area contributed by atoms with E-state index < -0.39 is 0 Å². The molecule has 0 spiro atoms. The number of carbonyl (C=O) groups is 1. The number of amides is 1. The summed E-state index contributed by atoms with van der Waals surface area (Å²) in [5, 5.41) is 3.92. The van der Waals surface area contributed by atoms with E-state index in [9.17, 15) is 4.79 Å². The fourth-order valence-electron chi connectivity index (χ4n) is 5.44. The second kappa shape index (κ2) is 10.1. The van der Waals surface area contributed by atoms with E-state index in [2.05, 4.69) is 25.2 Å². The standard InChI is InChI=1S/C27H29ClN6O3/c1-17(35)33-15-21-13-20(33)16-34(21)25-4-3-19(12-23(25)28)31-27-29-9-6-24(32-27)18-2-5-26(30-14-18)37-22-7-10-36-11-8-22/h2-6,9,12,14,20-22H,7-8,10-11,13,15-16H2,1H3,(H,29,31,32)/t20-,21-/m0/s1. The molecule has 3 fully saturated rings. The third-order valence-electron chi connectivity index (χ3n) is 7.30. The summed E-state index contributed by atoms with van der Waals surface area (Å²) in [6.45, 7) is 4.67. The van der Waals surface area contributed by atoms with Crippen LogP contribution in [0.4, 0.5) is 17.3 Å². The Morgan fingerprint density at radius 2 is 1.97 bits per heavy atom. The van der Waals surface area contributed by atoms with Gasteiger partial charge in [0, 0.05) is 68.6 Å². The molecule has 0 saturated carbocycles. The zero-order valence-electron chi connectivity index (χ0n) is 20.6. The maximum atomic E-state index is 11.8. The minimum absolute atomic E-state index is 0.148. The monoisotopic (exact) mass is 520 g/mol. The van der Waals surface area contributed by atoms with Crippen LogP contribution < -0.4 is 15.0 Å². The van der Waals surface area contributed by atoms with Gasteiger partial charge in [0.25, 0.3) is 0 Å². The van der Waals surface area contributed by atoms with E-state index in [4.69, 9.17) is 21.1 Å². The predicted molar refractivity (Wildman–Crippen MR) is 141 cm³/mol. The summed E-state index contributed by atoms with van der Waals surface area (Å²) >= 11 is 6.69. The molecule has 2 aromatic heterocycles. The molecule has 192 valence electrons. The van der Waals surface area contributed by atoms with Crippen molar-refractivity contribution < 1.29 is 14.3 Å². The lowest BCUT2D eigenvalue weighted by atomic mass is 10.1. The zero-order valence-corrected chi connectivity index (χ0v) is 21.4. The highest BCUT2D eigenvalue weighted by Gasteiger charge is 2.44. The molecule has 1 N–H and O–H groups in total. The third kappa shape index (κ3) is 5.06. The Labute approximate surface area is 220 Å². The summed E-state index contributed by atoms with van der Waals surface area (Å²) in [7, 11) is 0. The van der Waals surface area contributed by atoms with E-state index in [1.54, 1.807) is 19.3 Å². The number of anilines is 3. The highest BCUT2D eigenvalue weighted by molar-refractivity contribution is 6.33. The number of hydrogen-bond donors (Lipinski definition) is 1. The van der Waals surface area contributed by atoms with Crippen molar-refractivity contribution in [3.63, 3.8) is 0 Å². The molecule has 3 aliphatic rings. The first kappa shape index (κ1) is 23.9. The van der Waals surface area contributed by atoms with E-state index in [0.29, 0.717) is 22.9 Å². The maximum absolute atomic E-state index is 11.8. The van der Waals surface area contributed by atoms with E-state index in [0.717, 1.165) is 68.2 Å². The number of carbonyl (C=O) groups excluding carboxylic acids is 1. The molecule has 9 nitrogen and oxygen atoms in total.